The van der Waals surface area contributed by atoms with E-state index >= 15 is 0 Å². The third kappa shape index (κ3) is 4.78. The predicted octanol–water partition coefficient (Wildman–Crippen LogP) is 4.90. The number of fused-ring (bicyclic) bond motifs is 1. The Labute approximate surface area is 195 Å². The van der Waals surface area contributed by atoms with Crippen LogP contribution in [0.2, 0.25) is 0 Å². The summed E-state index contributed by atoms with van der Waals surface area (Å²) in [4.78, 5) is 24.2. The molecule has 2 atom stereocenters. The number of aromatic nitrogens is 2. The smallest absolute Gasteiger partial charge is 0.229 e. The van der Waals surface area contributed by atoms with Gasteiger partial charge in [-0.05, 0) is 38.1 Å². The van der Waals surface area contributed by atoms with Crippen molar-refractivity contribution in [3.05, 3.63) is 42.7 Å². The summed E-state index contributed by atoms with van der Waals surface area (Å²) < 4.78 is 11.6. The van der Waals surface area contributed by atoms with Gasteiger partial charge in [-0.25, -0.2) is 4.98 Å². The molecule has 0 aliphatic carbocycles. The van der Waals surface area contributed by atoms with Crippen LogP contribution in [0.3, 0.4) is 0 Å². The zero-order valence-corrected chi connectivity index (χ0v) is 20.2. The lowest BCUT2D eigenvalue weighted by molar-refractivity contribution is -0.123. The number of nitrogens with one attached hydrogen (secondary N) is 1. The van der Waals surface area contributed by atoms with Crippen molar-refractivity contribution in [2.24, 2.45) is 5.41 Å². The van der Waals surface area contributed by atoms with Gasteiger partial charge >= 0.3 is 0 Å². The molecule has 0 bridgehead atoms. The number of ether oxygens (including phenoxy) is 2. The van der Waals surface area contributed by atoms with Crippen molar-refractivity contribution in [1.29, 1.82) is 0 Å². The third-order valence-electron chi connectivity index (χ3n) is 5.78. The number of carbonyl (C=O) groups excluding carboxylic acids is 1. The molecule has 1 aliphatic heterocycles. The molecule has 2 unspecified atom stereocenters. The van der Waals surface area contributed by atoms with Gasteiger partial charge in [0, 0.05) is 47.4 Å². The second-order valence-electron chi connectivity index (χ2n) is 9.68. The van der Waals surface area contributed by atoms with E-state index in [0.717, 1.165) is 35.4 Å². The minimum atomic E-state index is -0.504. The highest BCUT2D eigenvalue weighted by Crippen LogP contribution is 2.38. The Hall–Kier alpha value is -3.19. The van der Waals surface area contributed by atoms with Crippen LogP contribution in [0.25, 0.3) is 22.0 Å². The number of carbonyl (C=O) groups is 1. The van der Waals surface area contributed by atoms with E-state index in [2.05, 4.69) is 29.0 Å². The minimum Gasteiger partial charge on any atom is -0.495 e. The maximum absolute atomic E-state index is 12.5. The minimum absolute atomic E-state index is 0.0635. The van der Waals surface area contributed by atoms with Crippen molar-refractivity contribution in [2.75, 3.05) is 30.4 Å². The number of methoxy groups -OCH3 is 1. The highest BCUT2D eigenvalue weighted by atomic mass is 16.5. The van der Waals surface area contributed by atoms with Gasteiger partial charge < -0.3 is 19.7 Å². The van der Waals surface area contributed by atoms with Crippen molar-refractivity contribution >= 4 is 28.3 Å². The van der Waals surface area contributed by atoms with Gasteiger partial charge in [-0.1, -0.05) is 26.8 Å². The van der Waals surface area contributed by atoms with Crippen molar-refractivity contribution in [3.8, 4) is 16.9 Å². The molecule has 1 amide bonds. The van der Waals surface area contributed by atoms with E-state index in [-0.39, 0.29) is 18.1 Å². The zero-order valence-electron chi connectivity index (χ0n) is 20.2. The standard InChI is InChI=1S/C26H32N4O3/c1-16-14-30(15-17(2)33-16)22-11-10-18(12-27-22)20-13-28-23-19(24(20)32-6)8-7-9-21(23)29-25(31)26(3,4)5/h7-13,16-17H,14-15H2,1-6H3,(H,29,31). The first kappa shape index (κ1) is 23.0. The van der Waals surface area contributed by atoms with E-state index in [1.54, 1.807) is 13.3 Å². The van der Waals surface area contributed by atoms with Crippen LogP contribution in [0.15, 0.2) is 42.7 Å². The summed E-state index contributed by atoms with van der Waals surface area (Å²) >= 11 is 0. The molecule has 4 rings (SSSR count). The second-order valence-corrected chi connectivity index (χ2v) is 9.68. The number of rotatable bonds is 4. The number of hydrogen-bond acceptors (Lipinski definition) is 6. The molecule has 7 nitrogen and oxygen atoms in total. The number of benzene rings is 1. The highest BCUT2D eigenvalue weighted by molar-refractivity contribution is 6.05. The Bertz CT molecular complexity index is 1140. The second kappa shape index (κ2) is 8.98. The molecule has 1 aliphatic rings. The van der Waals surface area contributed by atoms with Gasteiger partial charge in [0.1, 0.15) is 11.6 Å². The topological polar surface area (TPSA) is 76.6 Å². The number of pyridine rings is 2. The Kier molecular flexibility index (Phi) is 6.26. The molecule has 174 valence electrons. The van der Waals surface area contributed by atoms with E-state index in [1.165, 1.54) is 0 Å². The summed E-state index contributed by atoms with van der Waals surface area (Å²) in [5.74, 6) is 1.57. The first-order valence-electron chi connectivity index (χ1n) is 11.3. The van der Waals surface area contributed by atoms with E-state index < -0.39 is 5.41 Å². The highest BCUT2D eigenvalue weighted by Gasteiger charge is 2.24. The van der Waals surface area contributed by atoms with Gasteiger partial charge in [-0.3, -0.25) is 9.78 Å². The molecule has 1 saturated heterocycles. The molecule has 0 saturated carbocycles. The average molecular weight is 449 g/mol. The van der Waals surface area contributed by atoms with E-state index in [0.29, 0.717) is 17.0 Å². The number of nitrogens with zero attached hydrogens (tertiary/aromatic N) is 3. The van der Waals surface area contributed by atoms with Crippen LogP contribution in [0.5, 0.6) is 5.75 Å². The lowest BCUT2D eigenvalue weighted by atomic mass is 9.95. The quantitative estimate of drug-likeness (QED) is 0.612. The van der Waals surface area contributed by atoms with Gasteiger partial charge in [-0.2, -0.15) is 0 Å². The van der Waals surface area contributed by atoms with Gasteiger partial charge in [0.05, 0.1) is 30.5 Å². The van der Waals surface area contributed by atoms with E-state index in [9.17, 15) is 4.79 Å². The van der Waals surface area contributed by atoms with Crippen LogP contribution in [0, 0.1) is 5.41 Å². The van der Waals surface area contributed by atoms with Gasteiger partial charge in [-0.15, -0.1) is 0 Å². The molecule has 3 aromatic rings. The Morgan fingerprint density at radius 2 is 1.82 bits per heavy atom. The van der Waals surface area contributed by atoms with Crippen molar-refractivity contribution in [2.45, 2.75) is 46.8 Å². The summed E-state index contributed by atoms with van der Waals surface area (Å²) in [5.41, 5.74) is 2.63. The largest absolute Gasteiger partial charge is 0.495 e. The molecule has 3 heterocycles. The Balaban J connectivity index is 1.68. The average Bonchev–Trinajstić information content (AvgIpc) is 2.77. The van der Waals surface area contributed by atoms with Crippen molar-refractivity contribution < 1.29 is 14.3 Å². The van der Waals surface area contributed by atoms with Crippen molar-refractivity contribution in [1.82, 2.24) is 9.97 Å². The van der Waals surface area contributed by atoms with Crippen LogP contribution in [-0.4, -0.2) is 48.3 Å². The lowest BCUT2D eigenvalue weighted by Crippen LogP contribution is -2.45. The maximum Gasteiger partial charge on any atom is 0.229 e. The number of hydrogen-bond donors (Lipinski definition) is 1. The molecular weight excluding hydrogens is 416 g/mol. The predicted molar refractivity (Wildman–Crippen MR) is 132 cm³/mol. The Morgan fingerprint density at radius 3 is 2.42 bits per heavy atom. The fraction of sp³-hybridized carbons (Fsp3) is 0.423. The molecular formula is C26H32N4O3. The molecule has 7 heteroatoms. The van der Waals surface area contributed by atoms with Gasteiger partial charge in [0.15, 0.2) is 0 Å². The zero-order chi connectivity index (χ0) is 23.8. The monoisotopic (exact) mass is 448 g/mol. The van der Waals surface area contributed by atoms with Crippen LogP contribution in [-0.2, 0) is 9.53 Å². The molecule has 1 aromatic carbocycles. The number of amides is 1. The first-order chi connectivity index (χ1) is 15.7. The molecule has 0 spiro atoms. The molecule has 2 aromatic heterocycles. The van der Waals surface area contributed by atoms with Gasteiger partial charge in [0.25, 0.3) is 0 Å². The van der Waals surface area contributed by atoms with Gasteiger partial charge in [0.2, 0.25) is 5.91 Å². The summed E-state index contributed by atoms with van der Waals surface area (Å²) in [6.45, 7) is 11.5. The van der Waals surface area contributed by atoms with Crippen LogP contribution in [0.1, 0.15) is 34.6 Å². The number of morpholine rings is 1. The summed E-state index contributed by atoms with van der Waals surface area (Å²) in [5, 5.41) is 3.84. The normalized spacial score (nSPS) is 18.9. The molecule has 0 radical (unpaired) electrons. The fourth-order valence-electron chi connectivity index (χ4n) is 4.13. The summed E-state index contributed by atoms with van der Waals surface area (Å²) in [7, 11) is 1.65. The lowest BCUT2D eigenvalue weighted by Gasteiger charge is -2.36. The van der Waals surface area contributed by atoms with Crippen molar-refractivity contribution in [3.63, 3.8) is 0 Å². The summed E-state index contributed by atoms with van der Waals surface area (Å²) in [6, 6.07) is 9.79. The van der Waals surface area contributed by atoms with E-state index in [1.807, 2.05) is 57.3 Å². The fourth-order valence-corrected chi connectivity index (χ4v) is 4.13. The van der Waals surface area contributed by atoms with Crippen LogP contribution in [0.4, 0.5) is 11.5 Å². The Morgan fingerprint density at radius 1 is 1.09 bits per heavy atom. The van der Waals surface area contributed by atoms with E-state index in [4.69, 9.17) is 14.5 Å². The summed E-state index contributed by atoms with van der Waals surface area (Å²) in [6.07, 6.45) is 3.99. The first-order valence-corrected chi connectivity index (χ1v) is 11.3. The number of para-hydroxylation sites is 1. The SMILES string of the molecule is COc1c(-c2ccc(N3CC(C)OC(C)C3)nc2)cnc2c(NC(=O)C(C)(C)C)cccc12. The van der Waals surface area contributed by atoms with Crippen LogP contribution < -0.4 is 15.0 Å². The molecule has 1 fully saturated rings. The van der Waals surface area contributed by atoms with Crippen LogP contribution >= 0.6 is 0 Å². The molecule has 1 N–H and O–H groups in total. The molecule has 33 heavy (non-hydrogen) atoms. The third-order valence-corrected chi connectivity index (χ3v) is 5.78. The maximum atomic E-state index is 12.5. The number of anilines is 2.